The fourth-order valence-corrected chi connectivity index (χ4v) is 3.19. The van der Waals surface area contributed by atoms with Crippen LogP contribution in [0.3, 0.4) is 0 Å². The quantitative estimate of drug-likeness (QED) is 0.539. The summed E-state index contributed by atoms with van der Waals surface area (Å²) in [6.07, 6.45) is 4.47. The van der Waals surface area contributed by atoms with E-state index in [1.165, 1.54) is 17.8 Å². The fraction of sp³-hybridized carbons (Fsp3) is 0.562. The minimum Gasteiger partial charge on any atom is -0.480 e. The Morgan fingerprint density at radius 3 is 2.76 bits per heavy atom. The van der Waals surface area contributed by atoms with E-state index in [4.69, 9.17) is 0 Å². The highest BCUT2D eigenvalue weighted by atomic mass is 32.2. The van der Waals surface area contributed by atoms with Gasteiger partial charge in [0.2, 0.25) is 0 Å². The number of halogens is 1. The third kappa shape index (κ3) is 5.00. The molecule has 0 heterocycles. The van der Waals surface area contributed by atoms with Gasteiger partial charge in [0.15, 0.2) is 0 Å². The Balaban J connectivity index is 1.70. The minimum absolute atomic E-state index is 0.187. The topological polar surface area (TPSA) is 49.3 Å². The molecule has 0 bridgehead atoms. The smallest absolute Gasteiger partial charge is 0.323 e. The van der Waals surface area contributed by atoms with Crippen molar-refractivity contribution >= 4 is 17.7 Å². The van der Waals surface area contributed by atoms with Gasteiger partial charge in [0, 0.05) is 10.9 Å². The van der Waals surface area contributed by atoms with Gasteiger partial charge in [0.25, 0.3) is 0 Å². The summed E-state index contributed by atoms with van der Waals surface area (Å²) < 4.78 is 13.4. The number of hydrogen-bond acceptors (Lipinski definition) is 3. The van der Waals surface area contributed by atoms with E-state index in [0.29, 0.717) is 17.4 Å². The van der Waals surface area contributed by atoms with Crippen LogP contribution in [0.25, 0.3) is 0 Å². The van der Waals surface area contributed by atoms with Crippen LogP contribution in [0.15, 0.2) is 29.2 Å². The number of hydrogen-bond donors (Lipinski definition) is 2. The molecule has 1 aliphatic carbocycles. The Kier molecular flexibility index (Phi) is 5.65. The molecule has 0 aromatic heterocycles. The first-order valence-electron chi connectivity index (χ1n) is 7.40. The third-order valence-corrected chi connectivity index (χ3v) is 4.87. The lowest BCUT2D eigenvalue weighted by molar-refractivity contribution is -0.144. The van der Waals surface area contributed by atoms with Crippen LogP contribution >= 0.6 is 11.8 Å². The Labute approximate surface area is 129 Å². The van der Waals surface area contributed by atoms with E-state index in [-0.39, 0.29) is 5.82 Å². The molecule has 1 atom stereocenters. The number of unbranched alkanes of at least 4 members (excludes halogenated alkanes) is 1. The van der Waals surface area contributed by atoms with Crippen molar-refractivity contribution in [2.45, 2.75) is 55.5 Å². The summed E-state index contributed by atoms with van der Waals surface area (Å²) >= 11 is 1.49. The molecule has 0 saturated heterocycles. The molecule has 0 radical (unpaired) electrons. The highest BCUT2D eigenvalue weighted by Crippen LogP contribution is 2.27. The van der Waals surface area contributed by atoms with Crippen LogP contribution in [0, 0.1) is 5.82 Å². The van der Waals surface area contributed by atoms with Crippen molar-refractivity contribution in [2.75, 3.05) is 5.75 Å². The normalized spacial score (nSPS) is 17.4. The zero-order valence-electron chi connectivity index (χ0n) is 12.3. The van der Waals surface area contributed by atoms with Gasteiger partial charge in [-0.1, -0.05) is 18.6 Å². The van der Waals surface area contributed by atoms with Gasteiger partial charge in [0.05, 0.1) is 0 Å². The first kappa shape index (κ1) is 16.3. The van der Waals surface area contributed by atoms with Gasteiger partial charge in [-0.05, 0) is 50.5 Å². The molecule has 1 fully saturated rings. The van der Waals surface area contributed by atoms with Crippen LogP contribution in [0.2, 0.25) is 0 Å². The molecule has 116 valence electrons. The molecule has 1 aromatic rings. The summed E-state index contributed by atoms with van der Waals surface area (Å²) in [5.41, 5.74) is -0.830. The van der Waals surface area contributed by atoms with E-state index in [1.807, 2.05) is 6.07 Å². The van der Waals surface area contributed by atoms with Crippen LogP contribution in [0.5, 0.6) is 0 Å². The highest BCUT2D eigenvalue weighted by molar-refractivity contribution is 7.99. The number of rotatable bonds is 9. The van der Waals surface area contributed by atoms with Gasteiger partial charge in [-0.2, -0.15) is 0 Å². The average Bonchev–Trinajstić information content (AvgIpc) is 3.24. The summed E-state index contributed by atoms with van der Waals surface area (Å²) in [4.78, 5) is 12.1. The standard InChI is InChI=1S/C16H22FNO2S/c1-16(15(19)20,18-12-8-9-12)10-4-5-11-21-14-7-3-2-6-13(14)17/h2-3,6-7,12,18H,4-5,8-11H2,1H3,(H,19,20). The SMILES string of the molecule is CC(CCCCSc1ccccc1F)(NC1CC1)C(=O)O. The van der Waals surface area contributed by atoms with E-state index in [0.717, 1.165) is 31.4 Å². The first-order valence-corrected chi connectivity index (χ1v) is 8.38. The number of carboxylic acid groups (broad SMARTS) is 1. The Morgan fingerprint density at radius 1 is 1.43 bits per heavy atom. The molecule has 2 N–H and O–H groups in total. The van der Waals surface area contributed by atoms with Crippen molar-refractivity contribution < 1.29 is 14.3 Å². The molecule has 1 aliphatic rings. The Hall–Kier alpha value is -1.07. The largest absolute Gasteiger partial charge is 0.480 e. The number of aliphatic carboxylic acids is 1. The van der Waals surface area contributed by atoms with Gasteiger partial charge < -0.3 is 5.11 Å². The molecule has 2 rings (SSSR count). The number of benzene rings is 1. The number of thioether (sulfide) groups is 1. The lowest BCUT2D eigenvalue weighted by atomic mass is 9.95. The lowest BCUT2D eigenvalue weighted by Crippen LogP contribution is -2.50. The predicted octanol–water partition coefficient (Wildman–Crippen LogP) is 3.68. The van der Waals surface area contributed by atoms with Crippen molar-refractivity contribution in [1.29, 1.82) is 0 Å². The number of carbonyl (C=O) groups is 1. The molecule has 1 aromatic carbocycles. The second-order valence-corrected chi connectivity index (χ2v) is 6.93. The van der Waals surface area contributed by atoms with Crippen molar-refractivity contribution in [1.82, 2.24) is 5.32 Å². The molecule has 1 unspecified atom stereocenters. The highest BCUT2D eigenvalue weighted by Gasteiger charge is 2.37. The van der Waals surface area contributed by atoms with Crippen molar-refractivity contribution in [3.63, 3.8) is 0 Å². The molecule has 0 aliphatic heterocycles. The van der Waals surface area contributed by atoms with Crippen LogP contribution in [0.1, 0.15) is 39.0 Å². The van der Waals surface area contributed by atoms with E-state index in [9.17, 15) is 14.3 Å². The molecule has 0 amide bonds. The fourth-order valence-electron chi connectivity index (χ4n) is 2.24. The van der Waals surface area contributed by atoms with Crippen molar-refractivity contribution in [3.05, 3.63) is 30.1 Å². The Morgan fingerprint density at radius 2 is 2.14 bits per heavy atom. The second kappa shape index (κ2) is 7.27. The summed E-state index contributed by atoms with van der Waals surface area (Å²) in [7, 11) is 0. The lowest BCUT2D eigenvalue weighted by Gasteiger charge is -2.26. The summed E-state index contributed by atoms with van der Waals surface area (Å²) in [6.45, 7) is 1.76. The van der Waals surface area contributed by atoms with Gasteiger partial charge in [0.1, 0.15) is 11.4 Å². The molecule has 5 heteroatoms. The van der Waals surface area contributed by atoms with E-state index in [1.54, 1.807) is 19.1 Å². The minimum atomic E-state index is -0.830. The maximum atomic E-state index is 13.4. The molecule has 1 saturated carbocycles. The van der Waals surface area contributed by atoms with Crippen LogP contribution in [-0.2, 0) is 4.79 Å². The van der Waals surface area contributed by atoms with Gasteiger partial charge in [-0.15, -0.1) is 11.8 Å². The van der Waals surface area contributed by atoms with Crippen molar-refractivity contribution in [3.8, 4) is 0 Å². The molecule has 21 heavy (non-hydrogen) atoms. The van der Waals surface area contributed by atoms with Gasteiger partial charge in [-0.3, -0.25) is 10.1 Å². The average molecular weight is 311 g/mol. The number of nitrogens with one attached hydrogen (secondary N) is 1. The van der Waals surface area contributed by atoms with E-state index >= 15 is 0 Å². The molecular formula is C16H22FNO2S. The van der Waals surface area contributed by atoms with Crippen LogP contribution in [-0.4, -0.2) is 28.4 Å². The van der Waals surface area contributed by atoms with Crippen molar-refractivity contribution in [2.24, 2.45) is 0 Å². The van der Waals surface area contributed by atoms with E-state index < -0.39 is 11.5 Å². The van der Waals surface area contributed by atoms with Gasteiger partial charge >= 0.3 is 5.97 Å². The summed E-state index contributed by atoms with van der Waals surface area (Å²) in [6, 6.07) is 7.12. The second-order valence-electron chi connectivity index (χ2n) is 5.79. The van der Waals surface area contributed by atoms with Crippen LogP contribution < -0.4 is 5.32 Å². The van der Waals surface area contributed by atoms with Crippen LogP contribution in [0.4, 0.5) is 4.39 Å². The zero-order chi connectivity index (χ0) is 15.3. The Bertz CT molecular complexity index is 493. The molecule has 0 spiro atoms. The molecular weight excluding hydrogens is 289 g/mol. The number of carboxylic acids is 1. The molecule has 3 nitrogen and oxygen atoms in total. The zero-order valence-corrected chi connectivity index (χ0v) is 13.1. The maximum Gasteiger partial charge on any atom is 0.323 e. The van der Waals surface area contributed by atoms with E-state index in [2.05, 4.69) is 5.32 Å². The van der Waals surface area contributed by atoms with Gasteiger partial charge in [-0.25, -0.2) is 4.39 Å². The predicted molar refractivity (Wildman–Crippen MR) is 83.2 cm³/mol. The third-order valence-electron chi connectivity index (χ3n) is 3.74. The summed E-state index contributed by atoms with van der Waals surface area (Å²) in [5.74, 6) is -0.163. The maximum absolute atomic E-state index is 13.4. The monoisotopic (exact) mass is 311 g/mol. The first-order chi connectivity index (χ1) is 10.0. The summed E-state index contributed by atoms with van der Waals surface area (Å²) in [5, 5.41) is 12.6.